The summed E-state index contributed by atoms with van der Waals surface area (Å²) >= 11 is 4.80. The first-order valence-electron chi connectivity index (χ1n) is 7.09. The number of H-pyrrole nitrogens is 1. The van der Waals surface area contributed by atoms with Gasteiger partial charge in [0.2, 0.25) is 0 Å². The lowest BCUT2D eigenvalue weighted by Crippen LogP contribution is -2.60. The Morgan fingerprint density at radius 1 is 1.31 bits per heavy atom. The van der Waals surface area contributed by atoms with E-state index in [9.17, 15) is 29.0 Å². The summed E-state index contributed by atoms with van der Waals surface area (Å²) in [7, 11) is 4.75. The molecule has 1 fully saturated rings. The van der Waals surface area contributed by atoms with E-state index in [2.05, 4.69) is 13.8 Å². The Morgan fingerprint density at radius 2 is 1.86 bits per heavy atom. The molecule has 1 unspecified atom stereocenters. The van der Waals surface area contributed by atoms with Gasteiger partial charge in [-0.2, -0.15) is 4.31 Å². The second kappa shape index (κ2) is 7.50. The molecule has 5 atom stereocenters. The predicted octanol–water partition coefficient (Wildman–Crippen LogP) is -2.68. The maximum absolute atomic E-state index is 15.4. The summed E-state index contributed by atoms with van der Waals surface area (Å²) in [6, 6.07) is 0.843. The van der Waals surface area contributed by atoms with Gasteiger partial charge in [0.25, 0.3) is 11.4 Å². The number of hydrogen-bond acceptors (Lipinski definition) is 9. The van der Waals surface area contributed by atoms with Gasteiger partial charge in [0.15, 0.2) is 4.77 Å². The van der Waals surface area contributed by atoms with Crippen LogP contribution >= 0.6 is 27.9 Å². The van der Waals surface area contributed by atoms with Crippen LogP contribution in [0.2, 0.25) is 0 Å². The van der Waals surface area contributed by atoms with E-state index in [1.807, 2.05) is 0 Å². The first kappa shape index (κ1) is 24.6. The number of phosphoric ester groups is 1. The van der Waals surface area contributed by atoms with Crippen molar-refractivity contribution in [2.24, 2.45) is 0 Å². The monoisotopic (exact) mass is 468 g/mol. The zero-order chi connectivity index (χ0) is 22.6. The molecule has 0 saturated carbocycles. The van der Waals surface area contributed by atoms with Crippen LogP contribution in [0.15, 0.2) is 17.1 Å². The first-order valence-corrected chi connectivity index (χ1v) is 10.5. The molecule has 0 spiro atoms. The van der Waals surface area contributed by atoms with Gasteiger partial charge in [-0.25, -0.2) is 13.5 Å². The fourth-order valence-corrected chi connectivity index (χ4v) is 4.41. The zero-order valence-electron chi connectivity index (χ0n) is 13.9. The highest BCUT2D eigenvalue weighted by Crippen LogP contribution is 2.61. The van der Waals surface area contributed by atoms with Gasteiger partial charge in [-0.15, -0.1) is 0 Å². The van der Waals surface area contributed by atoms with E-state index in [4.69, 9.17) is 50.3 Å². The summed E-state index contributed by atoms with van der Waals surface area (Å²) in [4.78, 5) is 39.8. The molecule has 13 nitrogen and oxygen atoms in total. The number of phosphoric acid groups is 2. The molecular weight excluding hydrogens is 458 g/mol. The molecule has 1 saturated heterocycles. The highest BCUT2D eigenvalue weighted by molar-refractivity contribution is 7.71. The van der Waals surface area contributed by atoms with E-state index in [0.29, 0.717) is 4.57 Å². The van der Waals surface area contributed by atoms with E-state index >= 15 is 4.39 Å². The molecule has 1 aliphatic rings. The Balaban J connectivity index is 2.47. The van der Waals surface area contributed by atoms with Crippen molar-refractivity contribution < 1.29 is 52.0 Å². The number of nitrogens with zero attached hydrogens (tertiary/aromatic N) is 1. The maximum Gasteiger partial charge on any atom is 0.480 e. The fraction of sp³-hybridized carbons (Fsp3) is 0.556. The Hall–Kier alpha value is -0.635. The number of halogens is 1. The molecule has 0 aromatic carbocycles. The van der Waals surface area contributed by atoms with Gasteiger partial charge in [0.05, 0.1) is 5.40 Å². The Labute approximate surface area is 169 Å². The average Bonchev–Trinajstić information content (AvgIpc) is 2.66. The fourth-order valence-electron chi connectivity index (χ4n) is 2.39. The maximum atomic E-state index is 15.4. The second-order valence-corrected chi connectivity index (χ2v) is 8.93. The Kier molecular flexibility index (Phi) is 6.37. The Bertz CT molecular complexity index is 1020. The molecule has 6 radical (unpaired) electrons. The molecule has 0 bridgehead atoms. The molecule has 1 aliphatic heterocycles. The van der Waals surface area contributed by atoms with Gasteiger partial charge in [0, 0.05) is 12.3 Å². The number of aromatic amines is 1. The van der Waals surface area contributed by atoms with Gasteiger partial charge >= 0.3 is 15.6 Å². The number of aromatic nitrogens is 2. The SMILES string of the molecule is [B]C([B])(OP(=O)(O)OP(=O)(O)O)[C@@]1(F)O[C@@]([B])(n2ccc(=O)[nH]c2=S)[C@H](O)[C@@H]1O. The number of aliphatic hydroxyl groups is 2. The zero-order valence-corrected chi connectivity index (χ0v) is 16.5. The minimum atomic E-state index is -5.85. The molecule has 0 aliphatic carbocycles. The lowest BCUT2D eigenvalue weighted by molar-refractivity contribution is -0.239. The third kappa shape index (κ3) is 4.68. The van der Waals surface area contributed by atoms with E-state index in [1.54, 1.807) is 0 Å². The highest BCUT2D eigenvalue weighted by atomic mass is 32.1. The summed E-state index contributed by atoms with van der Waals surface area (Å²) in [5.41, 5.74) is -3.49. The van der Waals surface area contributed by atoms with Crippen molar-refractivity contribution in [1.82, 2.24) is 9.55 Å². The van der Waals surface area contributed by atoms with Crippen molar-refractivity contribution in [3.63, 3.8) is 0 Å². The smallest absolute Gasteiger partial charge is 0.386 e. The van der Waals surface area contributed by atoms with Crippen LogP contribution in [-0.4, -0.2) is 81.4 Å². The van der Waals surface area contributed by atoms with Crippen molar-refractivity contribution in [2.75, 3.05) is 0 Å². The van der Waals surface area contributed by atoms with Crippen LogP contribution in [-0.2, 0) is 28.3 Å². The van der Waals surface area contributed by atoms with E-state index in [1.165, 1.54) is 0 Å². The molecule has 20 heteroatoms. The quantitative estimate of drug-likeness (QED) is 0.144. The van der Waals surface area contributed by atoms with Crippen LogP contribution in [0.25, 0.3) is 0 Å². The number of nitrogens with one attached hydrogen (secondary N) is 1. The average molecular weight is 468 g/mol. The topological polar surface area (TPSA) is 201 Å². The first-order chi connectivity index (χ1) is 12.8. The lowest BCUT2D eigenvalue weighted by Gasteiger charge is -2.41. The molecule has 29 heavy (non-hydrogen) atoms. The number of hydrogen-bond donors (Lipinski definition) is 6. The molecule has 1 aromatic heterocycles. The van der Waals surface area contributed by atoms with Gasteiger partial charge in [0.1, 0.15) is 41.4 Å². The number of aliphatic hydroxyl groups excluding tert-OH is 2. The van der Waals surface area contributed by atoms with Gasteiger partial charge in [-0.3, -0.25) is 14.3 Å². The van der Waals surface area contributed by atoms with Crippen molar-refractivity contribution in [1.29, 1.82) is 0 Å². The summed E-state index contributed by atoms with van der Waals surface area (Å²) in [6.45, 7) is 0. The number of rotatable bonds is 6. The summed E-state index contributed by atoms with van der Waals surface area (Å²) in [5, 5.41) is 16.6. The normalized spacial score (nSPS) is 32.8. The Morgan fingerprint density at radius 3 is 2.34 bits per heavy atom. The lowest BCUT2D eigenvalue weighted by atomic mass is 9.59. The highest BCUT2D eigenvalue weighted by Gasteiger charge is 2.68. The van der Waals surface area contributed by atoms with Crippen LogP contribution < -0.4 is 5.56 Å². The molecule has 154 valence electrons. The predicted molar refractivity (Wildman–Crippen MR) is 94.8 cm³/mol. The molecular formula is C9H10B3FN2O11P2S. The van der Waals surface area contributed by atoms with Crippen molar-refractivity contribution in [3.05, 3.63) is 27.4 Å². The molecule has 0 amide bonds. The van der Waals surface area contributed by atoms with E-state index in [0.717, 1.165) is 12.3 Å². The number of alkyl halides is 1. The third-order valence-corrected chi connectivity index (χ3v) is 6.13. The summed E-state index contributed by atoms with van der Waals surface area (Å²) in [5.74, 6) is -3.98. The van der Waals surface area contributed by atoms with Crippen molar-refractivity contribution >= 4 is 51.4 Å². The molecule has 1 aromatic rings. The van der Waals surface area contributed by atoms with Crippen LogP contribution in [0.3, 0.4) is 0 Å². The summed E-state index contributed by atoms with van der Waals surface area (Å²) in [6.07, 6.45) is -4.33. The van der Waals surface area contributed by atoms with Gasteiger partial charge in [-0.1, -0.05) is 0 Å². The number of ether oxygens (including phenoxy) is 1. The molecule has 2 rings (SSSR count). The second-order valence-electron chi connectivity index (χ2n) is 5.79. The molecule has 6 N–H and O–H groups in total. The minimum absolute atomic E-state index is 0.506. The van der Waals surface area contributed by atoms with E-state index < -0.39 is 55.1 Å². The van der Waals surface area contributed by atoms with Crippen LogP contribution in [0.1, 0.15) is 0 Å². The minimum Gasteiger partial charge on any atom is -0.386 e. The van der Waals surface area contributed by atoms with E-state index in [-0.39, 0.29) is 0 Å². The van der Waals surface area contributed by atoms with Crippen LogP contribution in [0.4, 0.5) is 4.39 Å². The molecule has 2 heterocycles. The largest absolute Gasteiger partial charge is 0.480 e. The van der Waals surface area contributed by atoms with Crippen LogP contribution in [0.5, 0.6) is 0 Å². The van der Waals surface area contributed by atoms with Crippen LogP contribution in [0, 0.1) is 4.77 Å². The van der Waals surface area contributed by atoms with Crippen molar-refractivity contribution in [2.45, 2.75) is 29.1 Å². The summed E-state index contributed by atoms with van der Waals surface area (Å²) < 4.78 is 50.0. The van der Waals surface area contributed by atoms with Crippen molar-refractivity contribution in [3.8, 4) is 0 Å². The van der Waals surface area contributed by atoms with Gasteiger partial charge < -0.3 is 34.2 Å². The standard InChI is InChI=1S/C9H10B3FN2O11P2S/c10-8(15-2-1-3(16)14-6(15)29)5(18)4(17)7(13,24-8)9(11,12)25-28(22,23)26-27(19,20)21/h1-2,4-5,17-18H,(H,22,23)(H,14,16,29)(H2,19,20,21)/t4-,5+,7-,8-/m0/s1. The van der Waals surface area contributed by atoms with Gasteiger partial charge in [-0.05, 0) is 12.2 Å². The third-order valence-electron chi connectivity index (χ3n) is 3.62.